The minimum Gasteiger partial charge on any atom is -0.380 e. The molecule has 5 heteroatoms. The van der Waals surface area contributed by atoms with Gasteiger partial charge in [0.2, 0.25) is 0 Å². The Morgan fingerprint density at radius 2 is 2.14 bits per heavy atom. The van der Waals surface area contributed by atoms with Crippen LogP contribution < -0.4 is 16.0 Å². The van der Waals surface area contributed by atoms with E-state index in [4.69, 9.17) is 5.26 Å². The molecule has 0 spiro atoms. The molecule has 1 aromatic heterocycles. The second-order valence-corrected chi connectivity index (χ2v) is 5.38. The third-order valence-electron chi connectivity index (χ3n) is 3.75. The van der Waals surface area contributed by atoms with E-state index in [1.807, 2.05) is 36.4 Å². The van der Waals surface area contributed by atoms with Crippen LogP contribution in [0.2, 0.25) is 0 Å². The second-order valence-electron chi connectivity index (χ2n) is 5.38. The van der Waals surface area contributed by atoms with Gasteiger partial charge in [0, 0.05) is 19.3 Å². The Hall–Kier alpha value is -2.58. The summed E-state index contributed by atoms with van der Waals surface area (Å²) in [5, 5.41) is 19.1. The van der Waals surface area contributed by atoms with E-state index in [1.54, 1.807) is 6.20 Å². The molecule has 2 aromatic rings. The van der Waals surface area contributed by atoms with Gasteiger partial charge in [-0.15, -0.1) is 0 Å². The first-order chi connectivity index (χ1) is 10.8. The number of aromatic nitrogens is 1. The van der Waals surface area contributed by atoms with Gasteiger partial charge in [0.05, 0.1) is 23.4 Å². The zero-order valence-corrected chi connectivity index (χ0v) is 12.3. The van der Waals surface area contributed by atoms with Crippen molar-refractivity contribution in [3.63, 3.8) is 0 Å². The van der Waals surface area contributed by atoms with Gasteiger partial charge in [0.15, 0.2) is 0 Å². The van der Waals surface area contributed by atoms with E-state index in [1.165, 1.54) is 5.56 Å². The summed E-state index contributed by atoms with van der Waals surface area (Å²) in [6.45, 7) is 2.70. The Kier molecular flexibility index (Phi) is 4.52. The van der Waals surface area contributed by atoms with Gasteiger partial charge in [-0.3, -0.25) is 0 Å². The predicted molar refractivity (Wildman–Crippen MR) is 87.9 cm³/mol. The molecule has 112 valence electrons. The molecule has 0 radical (unpaired) electrons. The average molecular weight is 293 g/mol. The van der Waals surface area contributed by atoms with Crippen molar-refractivity contribution in [2.75, 3.05) is 30.3 Å². The summed E-state index contributed by atoms with van der Waals surface area (Å²) in [4.78, 5) is 4.33. The third-order valence-corrected chi connectivity index (χ3v) is 3.75. The molecule has 3 rings (SSSR count). The molecule has 1 atom stereocenters. The largest absolute Gasteiger partial charge is 0.380 e. The minimum atomic E-state index is 0.336. The molecule has 22 heavy (non-hydrogen) atoms. The molecule has 1 aliphatic heterocycles. The number of nitrogens with one attached hydrogen (secondary N) is 3. The first-order valence-corrected chi connectivity index (χ1v) is 7.50. The quantitative estimate of drug-likeness (QED) is 0.735. The van der Waals surface area contributed by atoms with Crippen LogP contribution in [0.15, 0.2) is 42.6 Å². The van der Waals surface area contributed by atoms with Gasteiger partial charge in [-0.25, -0.2) is 4.98 Å². The summed E-state index contributed by atoms with van der Waals surface area (Å²) in [5.74, 6) is 0.924. The molecule has 3 N–H and O–H groups in total. The molecular weight excluding hydrogens is 274 g/mol. The smallest absolute Gasteiger partial charge is 0.149 e. The maximum Gasteiger partial charge on any atom is 0.149 e. The number of fused-ring (bicyclic) bond motifs is 1. The summed E-state index contributed by atoms with van der Waals surface area (Å²) >= 11 is 0. The van der Waals surface area contributed by atoms with Gasteiger partial charge in [-0.2, -0.15) is 5.26 Å². The number of rotatable bonds is 5. The molecule has 0 saturated heterocycles. The van der Waals surface area contributed by atoms with Crippen LogP contribution in [0.4, 0.5) is 11.5 Å². The summed E-state index contributed by atoms with van der Waals surface area (Å²) in [6, 6.07) is 14.2. The van der Waals surface area contributed by atoms with Crippen molar-refractivity contribution in [3.05, 3.63) is 53.7 Å². The van der Waals surface area contributed by atoms with Crippen LogP contribution >= 0.6 is 0 Å². The van der Waals surface area contributed by atoms with Crippen LogP contribution in [0.1, 0.15) is 11.1 Å². The van der Waals surface area contributed by atoms with E-state index >= 15 is 0 Å². The molecule has 1 aliphatic rings. The molecule has 0 amide bonds. The average Bonchev–Trinajstić information content (AvgIpc) is 2.59. The SMILES string of the molecule is N#Cc1ccc(CCNCC2CNc3cccnc3N2)cc1. The lowest BCUT2D eigenvalue weighted by Crippen LogP contribution is -2.41. The van der Waals surface area contributed by atoms with Gasteiger partial charge < -0.3 is 16.0 Å². The normalized spacial score (nSPS) is 16.0. The zero-order chi connectivity index (χ0) is 15.2. The van der Waals surface area contributed by atoms with Crippen molar-refractivity contribution in [3.8, 4) is 6.07 Å². The lowest BCUT2D eigenvalue weighted by Gasteiger charge is -2.27. The molecule has 5 nitrogen and oxygen atoms in total. The molecule has 1 unspecified atom stereocenters. The number of nitriles is 1. The monoisotopic (exact) mass is 293 g/mol. The van der Waals surface area contributed by atoms with Crippen LogP contribution in [0.25, 0.3) is 0 Å². The van der Waals surface area contributed by atoms with E-state index in [0.29, 0.717) is 11.6 Å². The number of hydrogen-bond donors (Lipinski definition) is 3. The Bertz CT molecular complexity index is 659. The Morgan fingerprint density at radius 3 is 2.95 bits per heavy atom. The van der Waals surface area contributed by atoms with Crippen LogP contribution in [-0.4, -0.2) is 30.7 Å². The van der Waals surface area contributed by atoms with Gasteiger partial charge in [-0.1, -0.05) is 12.1 Å². The maximum absolute atomic E-state index is 8.78. The summed E-state index contributed by atoms with van der Waals surface area (Å²) < 4.78 is 0. The van der Waals surface area contributed by atoms with E-state index < -0.39 is 0 Å². The molecule has 2 heterocycles. The fourth-order valence-electron chi connectivity index (χ4n) is 2.52. The summed E-state index contributed by atoms with van der Waals surface area (Å²) in [5.41, 5.74) is 3.02. The first kappa shape index (κ1) is 14.4. The highest BCUT2D eigenvalue weighted by molar-refractivity contribution is 5.66. The van der Waals surface area contributed by atoms with Crippen molar-refractivity contribution < 1.29 is 0 Å². The molecule has 1 aromatic carbocycles. The summed E-state index contributed by atoms with van der Waals surface area (Å²) in [7, 11) is 0. The van der Waals surface area contributed by atoms with E-state index in [2.05, 4.69) is 27.0 Å². The Labute approximate surface area is 130 Å². The Balaban J connectivity index is 1.41. The Morgan fingerprint density at radius 1 is 1.27 bits per heavy atom. The fourth-order valence-corrected chi connectivity index (χ4v) is 2.52. The molecule has 0 fully saturated rings. The molecule has 0 aliphatic carbocycles. The highest BCUT2D eigenvalue weighted by atomic mass is 15.1. The van der Waals surface area contributed by atoms with Crippen molar-refractivity contribution in [1.82, 2.24) is 10.3 Å². The van der Waals surface area contributed by atoms with E-state index in [9.17, 15) is 0 Å². The maximum atomic E-state index is 8.78. The van der Waals surface area contributed by atoms with Crippen LogP contribution in [-0.2, 0) is 6.42 Å². The highest BCUT2D eigenvalue weighted by Gasteiger charge is 2.16. The van der Waals surface area contributed by atoms with Crippen LogP contribution in [0.5, 0.6) is 0 Å². The lowest BCUT2D eigenvalue weighted by atomic mass is 10.1. The number of anilines is 2. The van der Waals surface area contributed by atoms with Gasteiger partial charge in [0.1, 0.15) is 5.82 Å². The molecule has 0 bridgehead atoms. The van der Waals surface area contributed by atoms with Crippen molar-refractivity contribution in [2.24, 2.45) is 0 Å². The highest BCUT2D eigenvalue weighted by Crippen LogP contribution is 2.22. The topological polar surface area (TPSA) is 72.8 Å². The van der Waals surface area contributed by atoms with E-state index in [-0.39, 0.29) is 0 Å². The van der Waals surface area contributed by atoms with Crippen LogP contribution in [0.3, 0.4) is 0 Å². The first-order valence-electron chi connectivity index (χ1n) is 7.50. The third kappa shape index (κ3) is 3.54. The number of nitrogens with zero attached hydrogens (tertiary/aromatic N) is 2. The fraction of sp³-hybridized carbons (Fsp3) is 0.294. The summed E-state index contributed by atoms with van der Waals surface area (Å²) in [6.07, 6.45) is 2.76. The second kappa shape index (κ2) is 6.92. The molecule has 0 saturated carbocycles. The van der Waals surface area contributed by atoms with Gasteiger partial charge >= 0.3 is 0 Å². The van der Waals surface area contributed by atoms with Gasteiger partial charge in [-0.05, 0) is 42.8 Å². The van der Waals surface area contributed by atoms with Crippen LogP contribution in [0, 0.1) is 11.3 Å². The van der Waals surface area contributed by atoms with Crippen molar-refractivity contribution in [2.45, 2.75) is 12.5 Å². The van der Waals surface area contributed by atoms with Crippen molar-refractivity contribution >= 4 is 11.5 Å². The standard InChI is InChI=1S/C17H19N5/c18-10-14-5-3-13(4-6-14)7-9-19-11-15-12-21-16-2-1-8-20-17(16)22-15/h1-6,8,15,19,21H,7,9,11-12H2,(H,20,22). The lowest BCUT2D eigenvalue weighted by molar-refractivity contribution is 0.610. The zero-order valence-electron chi connectivity index (χ0n) is 12.3. The minimum absolute atomic E-state index is 0.336. The predicted octanol–water partition coefficient (Wildman–Crippen LogP) is 1.99. The number of hydrogen-bond acceptors (Lipinski definition) is 5. The van der Waals surface area contributed by atoms with E-state index in [0.717, 1.165) is 37.6 Å². The van der Waals surface area contributed by atoms with Gasteiger partial charge in [0.25, 0.3) is 0 Å². The van der Waals surface area contributed by atoms with Crippen molar-refractivity contribution in [1.29, 1.82) is 5.26 Å². The number of pyridine rings is 1. The molecular formula is C17H19N5. The number of benzene rings is 1.